The van der Waals surface area contributed by atoms with Crippen LogP contribution >= 0.6 is 0 Å². The van der Waals surface area contributed by atoms with Crippen molar-refractivity contribution in [2.24, 2.45) is 0 Å². The van der Waals surface area contributed by atoms with E-state index in [1.54, 1.807) is 16.4 Å². The van der Waals surface area contributed by atoms with Gasteiger partial charge in [0, 0.05) is 11.8 Å². The summed E-state index contributed by atoms with van der Waals surface area (Å²) in [7, 11) is 0. The van der Waals surface area contributed by atoms with Gasteiger partial charge in [-0.3, -0.25) is 14.7 Å². The molecule has 0 aliphatic rings. The lowest BCUT2D eigenvalue weighted by atomic mass is 10.1. The second-order valence-electron chi connectivity index (χ2n) is 5.28. The summed E-state index contributed by atoms with van der Waals surface area (Å²) in [6.07, 6.45) is 2.21. The summed E-state index contributed by atoms with van der Waals surface area (Å²) in [6.45, 7) is 2.01. The molecule has 1 unspecified atom stereocenters. The van der Waals surface area contributed by atoms with Crippen LogP contribution in [0.2, 0.25) is 0 Å². The van der Waals surface area contributed by atoms with Gasteiger partial charge in [-0.15, -0.1) is 0 Å². The highest BCUT2D eigenvalue weighted by Gasteiger charge is 2.23. The van der Waals surface area contributed by atoms with E-state index in [0.717, 1.165) is 22.0 Å². The highest BCUT2D eigenvalue weighted by atomic mass is 16.5. The number of rotatable bonds is 4. The second-order valence-corrected chi connectivity index (χ2v) is 5.28. The van der Waals surface area contributed by atoms with Gasteiger partial charge in [-0.05, 0) is 24.1 Å². The molecule has 0 saturated heterocycles. The van der Waals surface area contributed by atoms with Crippen LogP contribution in [-0.2, 0) is 11.2 Å². The van der Waals surface area contributed by atoms with E-state index in [1.165, 1.54) is 0 Å². The molecule has 0 fully saturated rings. The van der Waals surface area contributed by atoms with E-state index in [1.807, 2.05) is 55.5 Å². The standard InChI is InChI=1S/C17H17N3O2/c1-12-6-5-9-15-14(12)11-18-20(15)16(17(21)19-22)10-13-7-3-2-4-8-13/h2-9,11,16,22H,10H2,1H3,(H,19,21). The number of hydrogen-bond acceptors (Lipinski definition) is 3. The molecule has 22 heavy (non-hydrogen) atoms. The van der Waals surface area contributed by atoms with Crippen LogP contribution in [0.3, 0.4) is 0 Å². The summed E-state index contributed by atoms with van der Waals surface area (Å²) in [5.74, 6) is -0.477. The Morgan fingerprint density at radius 2 is 2.00 bits per heavy atom. The number of carbonyl (C=O) groups excluding carboxylic acids is 1. The van der Waals surface area contributed by atoms with Crippen molar-refractivity contribution >= 4 is 16.8 Å². The Labute approximate surface area is 128 Å². The maximum atomic E-state index is 12.1. The molecule has 2 N–H and O–H groups in total. The molecule has 3 aromatic rings. The summed E-state index contributed by atoms with van der Waals surface area (Å²) < 4.78 is 1.67. The molecule has 0 bridgehead atoms. The molecule has 112 valence electrons. The van der Waals surface area contributed by atoms with Crippen LogP contribution in [0, 0.1) is 6.92 Å². The molecule has 1 amide bonds. The second kappa shape index (κ2) is 5.99. The van der Waals surface area contributed by atoms with Gasteiger partial charge in [0.25, 0.3) is 5.91 Å². The number of amides is 1. The zero-order chi connectivity index (χ0) is 15.5. The molecule has 1 atom stereocenters. The van der Waals surface area contributed by atoms with Crippen molar-refractivity contribution in [3.8, 4) is 0 Å². The maximum Gasteiger partial charge on any atom is 0.268 e. The van der Waals surface area contributed by atoms with Gasteiger partial charge < -0.3 is 0 Å². The predicted octanol–water partition coefficient (Wildman–Crippen LogP) is 2.63. The summed E-state index contributed by atoms with van der Waals surface area (Å²) in [5, 5.41) is 14.4. The van der Waals surface area contributed by atoms with Gasteiger partial charge in [0.2, 0.25) is 0 Å². The molecule has 0 aliphatic carbocycles. The first-order valence-electron chi connectivity index (χ1n) is 7.11. The van der Waals surface area contributed by atoms with Gasteiger partial charge in [0.05, 0.1) is 11.7 Å². The third kappa shape index (κ3) is 2.58. The molecule has 0 spiro atoms. The average molecular weight is 295 g/mol. The van der Waals surface area contributed by atoms with Crippen molar-refractivity contribution in [1.29, 1.82) is 0 Å². The van der Waals surface area contributed by atoms with Crippen LogP contribution in [0.5, 0.6) is 0 Å². The molecular formula is C17H17N3O2. The van der Waals surface area contributed by atoms with E-state index in [0.29, 0.717) is 6.42 Å². The minimum Gasteiger partial charge on any atom is -0.289 e. The molecule has 0 saturated carbocycles. The largest absolute Gasteiger partial charge is 0.289 e. The molecule has 2 aromatic carbocycles. The topological polar surface area (TPSA) is 67.2 Å². The molecular weight excluding hydrogens is 278 g/mol. The fourth-order valence-corrected chi connectivity index (χ4v) is 2.67. The Hall–Kier alpha value is -2.66. The van der Waals surface area contributed by atoms with Gasteiger partial charge in [0.1, 0.15) is 6.04 Å². The monoisotopic (exact) mass is 295 g/mol. The number of carbonyl (C=O) groups is 1. The van der Waals surface area contributed by atoms with Gasteiger partial charge in [-0.25, -0.2) is 5.48 Å². The fourth-order valence-electron chi connectivity index (χ4n) is 2.67. The van der Waals surface area contributed by atoms with E-state index < -0.39 is 11.9 Å². The Kier molecular flexibility index (Phi) is 3.89. The smallest absolute Gasteiger partial charge is 0.268 e. The fraction of sp³-hybridized carbons (Fsp3) is 0.176. The number of fused-ring (bicyclic) bond motifs is 1. The van der Waals surface area contributed by atoms with Crippen molar-refractivity contribution in [2.45, 2.75) is 19.4 Å². The first-order chi connectivity index (χ1) is 10.7. The zero-order valence-corrected chi connectivity index (χ0v) is 12.2. The van der Waals surface area contributed by atoms with Gasteiger partial charge in [-0.2, -0.15) is 5.10 Å². The van der Waals surface area contributed by atoms with Crippen LogP contribution in [0.15, 0.2) is 54.7 Å². The van der Waals surface area contributed by atoms with Crippen LogP contribution < -0.4 is 5.48 Å². The lowest BCUT2D eigenvalue weighted by Crippen LogP contribution is -2.32. The number of nitrogens with zero attached hydrogens (tertiary/aromatic N) is 2. The molecule has 0 radical (unpaired) electrons. The van der Waals surface area contributed by atoms with Crippen molar-refractivity contribution in [3.63, 3.8) is 0 Å². The third-order valence-corrected chi connectivity index (χ3v) is 3.84. The minimum atomic E-state index is -0.605. The summed E-state index contributed by atoms with van der Waals surface area (Å²) >= 11 is 0. The molecule has 5 nitrogen and oxygen atoms in total. The average Bonchev–Trinajstić information content (AvgIpc) is 2.98. The number of aromatic nitrogens is 2. The van der Waals surface area contributed by atoms with Gasteiger partial charge >= 0.3 is 0 Å². The van der Waals surface area contributed by atoms with Crippen molar-refractivity contribution in [2.75, 3.05) is 0 Å². The quantitative estimate of drug-likeness (QED) is 0.574. The predicted molar refractivity (Wildman–Crippen MR) is 83.6 cm³/mol. The van der Waals surface area contributed by atoms with Crippen LogP contribution in [0.4, 0.5) is 0 Å². The highest BCUT2D eigenvalue weighted by molar-refractivity contribution is 5.86. The van der Waals surface area contributed by atoms with E-state index in [-0.39, 0.29) is 0 Å². The molecule has 3 rings (SSSR count). The molecule has 1 aromatic heterocycles. The lowest BCUT2D eigenvalue weighted by Gasteiger charge is -2.17. The van der Waals surface area contributed by atoms with Crippen LogP contribution in [-0.4, -0.2) is 20.9 Å². The molecule has 1 heterocycles. The van der Waals surface area contributed by atoms with Crippen molar-refractivity contribution < 1.29 is 10.0 Å². The molecule has 0 aliphatic heterocycles. The van der Waals surface area contributed by atoms with Gasteiger partial charge in [-0.1, -0.05) is 42.5 Å². The third-order valence-electron chi connectivity index (χ3n) is 3.84. The van der Waals surface area contributed by atoms with E-state index >= 15 is 0 Å². The van der Waals surface area contributed by atoms with E-state index in [9.17, 15) is 4.79 Å². The number of aryl methyl sites for hydroxylation is 1. The highest BCUT2D eigenvalue weighted by Crippen LogP contribution is 2.23. The first-order valence-corrected chi connectivity index (χ1v) is 7.11. The Morgan fingerprint density at radius 1 is 1.23 bits per heavy atom. The summed E-state index contributed by atoms with van der Waals surface area (Å²) in [6, 6.07) is 15.0. The Balaban J connectivity index is 2.05. The number of nitrogens with one attached hydrogen (secondary N) is 1. The van der Waals surface area contributed by atoms with E-state index in [4.69, 9.17) is 5.21 Å². The number of benzene rings is 2. The molecule has 5 heteroatoms. The maximum absolute atomic E-state index is 12.1. The summed E-state index contributed by atoms with van der Waals surface area (Å²) in [5.41, 5.74) is 4.74. The van der Waals surface area contributed by atoms with Crippen LogP contribution in [0.25, 0.3) is 10.9 Å². The number of hydrogen-bond donors (Lipinski definition) is 2. The Morgan fingerprint density at radius 3 is 2.73 bits per heavy atom. The number of hydroxylamine groups is 1. The van der Waals surface area contributed by atoms with E-state index in [2.05, 4.69) is 5.10 Å². The lowest BCUT2D eigenvalue weighted by molar-refractivity contribution is -0.132. The van der Waals surface area contributed by atoms with Crippen LogP contribution in [0.1, 0.15) is 17.2 Å². The van der Waals surface area contributed by atoms with Crippen molar-refractivity contribution in [3.05, 3.63) is 65.9 Å². The normalized spacial score (nSPS) is 12.3. The summed E-state index contributed by atoms with van der Waals surface area (Å²) in [4.78, 5) is 12.1. The zero-order valence-electron chi connectivity index (χ0n) is 12.2. The SMILES string of the molecule is Cc1cccc2c1cnn2C(Cc1ccccc1)C(=O)NO. The Bertz CT molecular complexity index is 796. The van der Waals surface area contributed by atoms with Gasteiger partial charge in [0.15, 0.2) is 0 Å². The van der Waals surface area contributed by atoms with Crippen molar-refractivity contribution in [1.82, 2.24) is 15.3 Å². The first kappa shape index (κ1) is 14.3. The minimum absolute atomic E-state index is 0.456.